The van der Waals surface area contributed by atoms with Gasteiger partial charge in [-0.05, 0) is 16.8 Å². The van der Waals surface area contributed by atoms with Gasteiger partial charge in [-0.25, -0.2) is 0 Å². The predicted octanol–water partition coefficient (Wildman–Crippen LogP) is 4.29. The third kappa shape index (κ3) is 3.12. The van der Waals surface area contributed by atoms with E-state index in [1.165, 1.54) is 0 Å². The van der Waals surface area contributed by atoms with Gasteiger partial charge in [-0.3, -0.25) is 9.69 Å². The van der Waals surface area contributed by atoms with Gasteiger partial charge in [0.2, 0.25) is 0 Å². The number of aromatic nitrogens is 1. The monoisotopic (exact) mass is 412 g/mol. The second-order valence-corrected chi connectivity index (χ2v) is 8.34. The molecule has 6 rings (SSSR count). The summed E-state index contributed by atoms with van der Waals surface area (Å²) in [6.45, 7) is 4.92. The zero-order chi connectivity index (χ0) is 20.8. The molecule has 0 amide bonds. The smallest absolute Gasteiger partial charge is 0.195 e. The Kier molecular flexibility index (Phi) is 4.51. The molecule has 0 spiro atoms. The van der Waals surface area contributed by atoms with Crippen LogP contribution in [0.5, 0.6) is 5.75 Å². The first-order chi connectivity index (χ1) is 15.3. The molecule has 5 nitrogen and oxygen atoms in total. The number of para-hydroxylation sites is 1. The number of morpholine rings is 1. The van der Waals surface area contributed by atoms with Gasteiger partial charge in [0.25, 0.3) is 0 Å². The molecule has 1 saturated heterocycles. The summed E-state index contributed by atoms with van der Waals surface area (Å²) in [4.78, 5) is 16.2. The Morgan fingerprint density at radius 3 is 2.58 bits per heavy atom. The zero-order valence-electron chi connectivity index (χ0n) is 17.3. The highest BCUT2D eigenvalue weighted by Gasteiger charge is 2.29. The van der Waals surface area contributed by atoms with Crippen molar-refractivity contribution >= 4 is 27.5 Å². The molecule has 1 atom stereocenters. The van der Waals surface area contributed by atoms with E-state index in [1.54, 1.807) is 0 Å². The Hall–Kier alpha value is -3.15. The number of rotatable bonds is 4. The van der Waals surface area contributed by atoms with E-state index in [2.05, 4.69) is 9.47 Å². The molecule has 156 valence electrons. The van der Waals surface area contributed by atoms with Crippen LogP contribution in [-0.2, 0) is 4.74 Å². The summed E-state index contributed by atoms with van der Waals surface area (Å²) >= 11 is 0. The third-order valence-corrected chi connectivity index (χ3v) is 6.49. The maximum atomic E-state index is 13.8. The molecule has 0 bridgehead atoms. The van der Waals surface area contributed by atoms with Gasteiger partial charge in [-0.1, -0.05) is 54.6 Å². The predicted molar refractivity (Wildman–Crippen MR) is 121 cm³/mol. The molecule has 2 aliphatic rings. The van der Waals surface area contributed by atoms with Gasteiger partial charge in [-0.15, -0.1) is 0 Å². The van der Waals surface area contributed by atoms with E-state index in [4.69, 9.17) is 9.47 Å². The second-order valence-electron chi connectivity index (χ2n) is 8.34. The van der Waals surface area contributed by atoms with E-state index in [9.17, 15) is 4.79 Å². The fraction of sp³-hybridized carbons (Fsp3) is 0.269. The summed E-state index contributed by atoms with van der Waals surface area (Å²) in [5.41, 5.74) is 2.51. The van der Waals surface area contributed by atoms with Gasteiger partial charge in [-0.2, -0.15) is 0 Å². The minimum Gasteiger partial charge on any atom is -0.489 e. The van der Waals surface area contributed by atoms with Crippen molar-refractivity contribution in [3.8, 4) is 5.75 Å². The van der Waals surface area contributed by atoms with Crippen LogP contribution < -0.4 is 4.74 Å². The number of ketones is 1. The Morgan fingerprint density at radius 2 is 1.68 bits per heavy atom. The summed E-state index contributed by atoms with van der Waals surface area (Å²) in [6, 6.07) is 20.2. The van der Waals surface area contributed by atoms with E-state index >= 15 is 0 Å². The number of carbonyl (C=O) groups is 1. The molecule has 3 aromatic carbocycles. The summed E-state index contributed by atoms with van der Waals surface area (Å²) in [5, 5.41) is 3.03. The van der Waals surface area contributed by atoms with Crippen LogP contribution in [0, 0.1) is 0 Å². The summed E-state index contributed by atoms with van der Waals surface area (Å²) in [6.07, 6.45) is 2.05. The molecule has 1 fully saturated rings. The third-order valence-electron chi connectivity index (χ3n) is 6.49. The van der Waals surface area contributed by atoms with Crippen LogP contribution in [0.1, 0.15) is 22.0 Å². The molecule has 2 aliphatic heterocycles. The lowest BCUT2D eigenvalue weighted by Gasteiger charge is -2.33. The summed E-state index contributed by atoms with van der Waals surface area (Å²) < 4.78 is 13.9. The molecular weight excluding hydrogens is 388 g/mol. The van der Waals surface area contributed by atoms with Crippen LogP contribution in [0.3, 0.4) is 0 Å². The average molecular weight is 412 g/mol. The number of ether oxygens (including phenoxy) is 2. The zero-order valence-corrected chi connectivity index (χ0v) is 17.3. The van der Waals surface area contributed by atoms with E-state index in [-0.39, 0.29) is 11.8 Å². The quantitative estimate of drug-likeness (QED) is 0.469. The lowest BCUT2D eigenvalue weighted by molar-refractivity contribution is 0.0274. The van der Waals surface area contributed by atoms with Crippen molar-refractivity contribution in [1.82, 2.24) is 9.47 Å². The molecule has 3 heterocycles. The first kappa shape index (κ1) is 18.6. The van der Waals surface area contributed by atoms with Crippen molar-refractivity contribution in [2.45, 2.75) is 6.04 Å². The molecule has 4 aromatic rings. The van der Waals surface area contributed by atoms with Crippen molar-refractivity contribution in [2.24, 2.45) is 0 Å². The number of fused-ring (bicyclic) bond motifs is 1. The first-order valence-electron chi connectivity index (χ1n) is 10.9. The van der Waals surface area contributed by atoms with E-state index in [0.717, 1.165) is 71.4 Å². The Morgan fingerprint density at radius 1 is 0.903 bits per heavy atom. The molecule has 5 heteroatoms. The van der Waals surface area contributed by atoms with Gasteiger partial charge in [0.1, 0.15) is 12.4 Å². The molecule has 31 heavy (non-hydrogen) atoms. The number of hydrogen-bond acceptors (Lipinski definition) is 4. The van der Waals surface area contributed by atoms with Crippen molar-refractivity contribution in [1.29, 1.82) is 0 Å². The van der Waals surface area contributed by atoms with Gasteiger partial charge < -0.3 is 14.0 Å². The SMILES string of the molecule is O=C(c1cccc2ccccc12)c1cn2c3c(cccc13)OC[C@H]2CN1CCOCC1. The molecule has 0 N–H and O–H groups in total. The highest BCUT2D eigenvalue weighted by molar-refractivity contribution is 6.21. The largest absolute Gasteiger partial charge is 0.489 e. The minimum absolute atomic E-state index is 0.0599. The first-order valence-corrected chi connectivity index (χ1v) is 10.9. The fourth-order valence-electron chi connectivity index (χ4n) is 4.92. The van der Waals surface area contributed by atoms with Crippen LogP contribution in [0.15, 0.2) is 66.9 Å². The Bertz CT molecular complexity index is 1280. The van der Waals surface area contributed by atoms with E-state index in [0.29, 0.717) is 6.61 Å². The van der Waals surface area contributed by atoms with Crippen LogP contribution in [0.25, 0.3) is 21.7 Å². The maximum absolute atomic E-state index is 13.8. The standard InChI is InChI=1S/C26H24N2O3/c29-26(22-9-3-6-18-5-1-2-7-20(18)22)23-16-28-19(15-27-11-13-30-14-12-27)17-31-24-10-4-8-21(23)25(24)28/h1-10,16,19H,11-15,17H2/t19-/m1/s1. The lowest BCUT2D eigenvalue weighted by Crippen LogP contribution is -2.41. The molecule has 0 saturated carbocycles. The van der Waals surface area contributed by atoms with E-state index < -0.39 is 0 Å². The van der Waals surface area contributed by atoms with Crippen molar-refractivity contribution < 1.29 is 14.3 Å². The Labute approximate surface area is 180 Å². The molecule has 0 unspecified atom stereocenters. The lowest BCUT2D eigenvalue weighted by atomic mass is 9.97. The van der Waals surface area contributed by atoms with Crippen LogP contribution in [0.4, 0.5) is 0 Å². The Balaban J connectivity index is 1.45. The molecular formula is C26H24N2O3. The van der Waals surface area contributed by atoms with Crippen LogP contribution in [0.2, 0.25) is 0 Å². The molecule has 0 radical (unpaired) electrons. The fourth-order valence-corrected chi connectivity index (χ4v) is 4.92. The number of hydrogen-bond donors (Lipinski definition) is 0. The number of benzene rings is 3. The summed E-state index contributed by atoms with van der Waals surface area (Å²) in [5.74, 6) is 0.914. The van der Waals surface area contributed by atoms with Crippen molar-refractivity contribution in [3.05, 3.63) is 78.0 Å². The van der Waals surface area contributed by atoms with Crippen LogP contribution in [-0.4, -0.2) is 54.7 Å². The van der Waals surface area contributed by atoms with Gasteiger partial charge >= 0.3 is 0 Å². The normalized spacial score (nSPS) is 18.9. The van der Waals surface area contributed by atoms with Gasteiger partial charge in [0, 0.05) is 42.3 Å². The summed E-state index contributed by atoms with van der Waals surface area (Å²) in [7, 11) is 0. The maximum Gasteiger partial charge on any atom is 0.195 e. The highest BCUT2D eigenvalue weighted by atomic mass is 16.5. The van der Waals surface area contributed by atoms with Gasteiger partial charge in [0.15, 0.2) is 5.78 Å². The van der Waals surface area contributed by atoms with Crippen molar-refractivity contribution in [3.63, 3.8) is 0 Å². The average Bonchev–Trinajstić information content (AvgIpc) is 3.22. The number of nitrogens with zero attached hydrogens (tertiary/aromatic N) is 2. The van der Waals surface area contributed by atoms with Crippen LogP contribution >= 0.6 is 0 Å². The minimum atomic E-state index is 0.0599. The second kappa shape index (κ2) is 7.52. The number of carbonyl (C=O) groups excluding carboxylic acids is 1. The highest BCUT2D eigenvalue weighted by Crippen LogP contribution is 2.37. The van der Waals surface area contributed by atoms with E-state index in [1.807, 2.05) is 66.9 Å². The molecule has 1 aromatic heterocycles. The van der Waals surface area contributed by atoms with Crippen molar-refractivity contribution in [2.75, 3.05) is 39.5 Å². The van der Waals surface area contributed by atoms with Gasteiger partial charge in [0.05, 0.1) is 24.8 Å². The topological polar surface area (TPSA) is 43.7 Å². The molecule has 0 aliphatic carbocycles.